The van der Waals surface area contributed by atoms with Crippen LogP contribution in [0.3, 0.4) is 0 Å². The molecule has 3 rings (SSSR count). The van der Waals surface area contributed by atoms with E-state index in [1.807, 2.05) is 12.1 Å². The molecule has 1 aliphatic heterocycles. The van der Waals surface area contributed by atoms with E-state index in [9.17, 15) is 9.59 Å². The standard InChI is InChI=1S/C11H8N3O3/c1-17-11(16)9-6-10(15)14-12-7-4-2-3-5-8(7)13(9)14/h2-6H,1H3/q+1. The molecule has 0 bridgehead atoms. The van der Waals surface area contributed by atoms with Gasteiger partial charge in [0.05, 0.1) is 18.3 Å². The van der Waals surface area contributed by atoms with Crippen LogP contribution in [0.15, 0.2) is 30.3 Å². The fraction of sp³-hybridized carbons (Fsp3) is 0.0909. The lowest BCUT2D eigenvalue weighted by Crippen LogP contribution is -2.43. The molecular formula is C11H8N3O3+. The molecule has 0 N–H and O–H groups in total. The molecule has 0 saturated heterocycles. The van der Waals surface area contributed by atoms with Gasteiger partial charge in [0.15, 0.2) is 0 Å². The molecule has 0 aliphatic carbocycles. The summed E-state index contributed by atoms with van der Waals surface area (Å²) < 4.78 is 6.08. The zero-order valence-corrected chi connectivity index (χ0v) is 8.95. The first kappa shape index (κ1) is 9.71. The average Bonchev–Trinajstić information content (AvgIpc) is 2.87. The van der Waals surface area contributed by atoms with Gasteiger partial charge in [0.1, 0.15) is 0 Å². The minimum atomic E-state index is -0.562. The predicted molar refractivity (Wildman–Crippen MR) is 56.8 cm³/mol. The number of fused-ring (bicyclic) bond motifs is 3. The van der Waals surface area contributed by atoms with Crippen LogP contribution in [0.4, 0.5) is 0 Å². The van der Waals surface area contributed by atoms with E-state index in [1.165, 1.54) is 17.9 Å². The van der Waals surface area contributed by atoms with Crippen molar-refractivity contribution in [3.8, 4) is 0 Å². The number of carbonyl (C=O) groups is 2. The second kappa shape index (κ2) is 3.24. The van der Waals surface area contributed by atoms with E-state index >= 15 is 0 Å². The Balaban J connectivity index is 2.33. The van der Waals surface area contributed by atoms with Crippen LogP contribution in [0.2, 0.25) is 0 Å². The van der Waals surface area contributed by atoms with Gasteiger partial charge in [-0.2, -0.15) is 0 Å². The molecule has 84 valence electrons. The predicted octanol–water partition coefficient (Wildman–Crippen LogP) is -0.00850. The Morgan fingerprint density at radius 2 is 2.18 bits per heavy atom. The number of benzene rings is 1. The minimum Gasteiger partial charge on any atom is -0.463 e. The van der Waals surface area contributed by atoms with E-state index in [0.717, 1.165) is 4.80 Å². The Labute approximate surface area is 95.7 Å². The maximum Gasteiger partial charge on any atom is 0.380 e. The first-order valence-corrected chi connectivity index (χ1v) is 4.97. The summed E-state index contributed by atoms with van der Waals surface area (Å²) in [5, 5.41) is 4.11. The van der Waals surface area contributed by atoms with Crippen molar-refractivity contribution in [2.45, 2.75) is 0 Å². The summed E-state index contributed by atoms with van der Waals surface area (Å²) in [6.45, 7) is 0. The molecule has 2 aromatic rings. The molecule has 0 saturated carbocycles. The van der Waals surface area contributed by atoms with Crippen LogP contribution in [-0.2, 0) is 9.53 Å². The number of hydrogen-bond donors (Lipinski definition) is 0. The summed E-state index contributed by atoms with van der Waals surface area (Å²) in [6.07, 6.45) is 1.21. The molecule has 17 heavy (non-hydrogen) atoms. The Hall–Kier alpha value is -2.50. The van der Waals surface area contributed by atoms with Gasteiger partial charge in [-0.25, -0.2) is 4.79 Å². The fourth-order valence-electron chi connectivity index (χ4n) is 1.84. The molecule has 0 spiro atoms. The molecule has 1 aromatic carbocycles. The number of allylic oxidation sites excluding steroid dienone is 1. The van der Waals surface area contributed by atoms with Gasteiger partial charge >= 0.3 is 11.9 Å². The Morgan fingerprint density at radius 3 is 2.94 bits per heavy atom. The van der Waals surface area contributed by atoms with Crippen LogP contribution >= 0.6 is 0 Å². The Kier molecular flexibility index (Phi) is 1.85. The zero-order chi connectivity index (χ0) is 12.0. The van der Waals surface area contributed by atoms with Gasteiger partial charge < -0.3 is 4.74 Å². The van der Waals surface area contributed by atoms with Gasteiger partial charge in [-0.3, -0.25) is 4.79 Å². The highest BCUT2D eigenvalue weighted by molar-refractivity contribution is 6.14. The summed E-state index contributed by atoms with van der Waals surface area (Å²) in [5.41, 5.74) is 1.51. The lowest BCUT2D eigenvalue weighted by atomic mass is 10.3. The normalized spacial score (nSPS) is 13.7. The molecule has 0 amide bonds. The van der Waals surface area contributed by atoms with Gasteiger partial charge in [-0.1, -0.05) is 12.1 Å². The molecule has 1 aromatic heterocycles. The van der Waals surface area contributed by atoms with Crippen LogP contribution in [0.5, 0.6) is 0 Å². The number of ether oxygens (including phenoxy) is 1. The molecule has 0 unspecified atom stereocenters. The van der Waals surface area contributed by atoms with Gasteiger partial charge in [-0.15, -0.1) is 4.68 Å². The highest BCUT2D eigenvalue weighted by Gasteiger charge is 2.36. The first-order chi connectivity index (χ1) is 8.22. The number of carbonyl (C=O) groups excluding carboxylic acids is 2. The highest BCUT2D eigenvalue weighted by Crippen LogP contribution is 2.13. The third-order valence-corrected chi connectivity index (χ3v) is 2.58. The molecule has 0 radical (unpaired) electrons. The van der Waals surface area contributed by atoms with Crippen LogP contribution in [0, 0.1) is 0 Å². The van der Waals surface area contributed by atoms with Crippen molar-refractivity contribution in [2.24, 2.45) is 0 Å². The third-order valence-electron chi connectivity index (χ3n) is 2.58. The van der Waals surface area contributed by atoms with E-state index in [2.05, 4.69) is 9.84 Å². The molecule has 6 nitrogen and oxygen atoms in total. The topological polar surface area (TPSA) is 65.1 Å². The number of rotatable bonds is 1. The van der Waals surface area contributed by atoms with E-state index in [4.69, 9.17) is 0 Å². The summed E-state index contributed by atoms with van der Waals surface area (Å²) in [7, 11) is 1.27. The number of aromatic nitrogens is 3. The van der Waals surface area contributed by atoms with Crippen LogP contribution in [0.1, 0.15) is 4.79 Å². The van der Waals surface area contributed by atoms with E-state index < -0.39 is 5.97 Å². The lowest BCUT2D eigenvalue weighted by Gasteiger charge is -1.96. The van der Waals surface area contributed by atoms with Crippen LogP contribution < -0.4 is 4.68 Å². The summed E-state index contributed by atoms with van der Waals surface area (Å²) in [4.78, 5) is 24.4. The fourth-order valence-corrected chi connectivity index (χ4v) is 1.84. The quantitative estimate of drug-likeness (QED) is 0.510. The van der Waals surface area contributed by atoms with Crippen molar-refractivity contribution >= 4 is 28.6 Å². The smallest absolute Gasteiger partial charge is 0.380 e. The monoisotopic (exact) mass is 230 g/mol. The number of methoxy groups -OCH3 is 1. The van der Waals surface area contributed by atoms with Crippen LogP contribution in [0.25, 0.3) is 16.7 Å². The molecule has 0 atom stereocenters. The highest BCUT2D eigenvalue weighted by atomic mass is 16.5. The largest absolute Gasteiger partial charge is 0.463 e. The zero-order valence-electron chi connectivity index (χ0n) is 8.95. The third kappa shape index (κ3) is 1.20. The van der Waals surface area contributed by atoms with Crippen molar-refractivity contribution in [1.29, 1.82) is 0 Å². The molecule has 6 heteroatoms. The summed E-state index contributed by atoms with van der Waals surface area (Å²) >= 11 is 0. The van der Waals surface area contributed by atoms with E-state index in [1.54, 1.807) is 12.1 Å². The SMILES string of the molecule is COC(=O)C1=CC(=O)n2nc3ccccc3[n+]21. The van der Waals surface area contributed by atoms with Crippen molar-refractivity contribution in [3.63, 3.8) is 0 Å². The molecular weight excluding hydrogens is 222 g/mol. The molecule has 0 fully saturated rings. The minimum absolute atomic E-state index is 0.172. The second-order valence-corrected chi connectivity index (χ2v) is 3.55. The van der Waals surface area contributed by atoms with E-state index in [0.29, 0.717) is 11.0 Å². The molecule has 2 heterocycles. The summed E-state index contributed by atoms with van der Waals surface area (Å²) in [5.74, 6) is -0.922. The van der Waals surface area contributed by atoms with E-state index in [-0.39, 0.29) is 11.6 Å². The number of nitrogens with zero attached hydrogens (tertiary/aromatic N) is 3. The van der Waals surface area contributed by atoms with Gasteiger partial charge in [0.2, 0.25) is 16.7 Å². The lowest BCUT2D eigenvalue weighted by molar-refractivity contribution is -0.632. The van der Waals surface area contributed by atoms with Crippen molar-refractivity contribution in [3.05, 3.63) is 30.3 Å². The second-order valence-electron chi connectivity index (χ2n) is 3.55. The maximum absolute atomic E-state index is 11.7. The number of para-hydroxylation sites is 1. The molecule has 1 aliphatic rings. The summed E-state index contributed by atoms with van der Waals surface area (Å²) in [6, 6.07) is 7.19. The van der Waals surface area contributed by atoms with Crippen LogP contribution in [-0.4, -0.2) is 28.9 Å². The Bertz CT molecular complexity index is 684. The Morgan fingerprint density at radius 1 is 1.41 bits per heavy atom. The maximum atomic E-state index is 11.7. The van der Waals surface area contributed by atoms with Gasteiger partial charge in [-0.05, 0) is 12.1 Å². The first-order valence-electron chi connectivity index (χ1n) is 4.97. The number of hydrogen-bond acceptors (Lipinski definition) is 4. The van der Waals surface area contributed by atoms with Gasteiger partial charge in [0.25, 0.3) is 0 Å². The van der Waals surface area contributed by atoms with Crippen molar-refractivity contribution in [1.82, 2.24) is 9.90 Å². The van der Waals surface area contributed by atoms with Crippen molar-refractivity contribution < 1.29 is 19.0 Å². The number of esters is 1. The average molecular weight is 230 g/mol. The van der Waals surface area contributed by atoms with Crippen molar-refractivity contribution in [2.75, 3.05) is 7.11 Å². The van der Waals surface area contributed by atoms with Gasteiger partial charge in [0, 0.05) is 4.80 Å².